The fraction of sp³-hybridized carbons (Fsp3) is 0.333. The molecule has 1 amide bonds. The van der Waals surface area contributed by atoms with E-state index in [1.165, 1.54) is 13.2 Å². The molecule has 0 atom stereocenters. The molecule has 1 aliphatic rings. The number of piperidine rings is 1. The predicted octanol–water partition coefficient (Wildman–Crippen LogP) is 3.19. The lowest BCUT2D eigenvalue weighted by molar-refractivity contribution is 0.0681. The van der Waals surface area contributed by atoms with Crippen LogP contribution in [0.3, 0.4) is 0 Å². The van der Waals surface area contributed by atoms with Crippen molar-refractivity contribution in [3.63, 3.8) is 0 Å². The summed E-state index contributed by atoms with van der Waals surface area (Å²) in [5.74, 6) is -0.265. The Morgan fingerprint density at radius 1 is 1.11 bits per heavy atom. The minimum atomic E-state index is -0.915. The second kappa shape index (κ2) is 8.12. The molecule has 0 unspecified atom stereocenters. The highest BCUT2D eigenvalue weighted by Gasteiger charge is 2.24. The van der Waals surface area contributed by atoms with E-state index in [-0.39, 0.29) is 17.4 Å². The number of carbonyl (C=O) groups is 2. The summed E-state index contributed by atoms with van der Waals surface area (Å²) in [6.07, 6.45) is 2.56. The Hall–Kier alpha value is -3.02. The van der Waals surface area contributed by atoms with Crippen molar-refractivity contribution < 1.29 is 24.5 Å². The number of benzene rings is 2. The minimum Gasteiger partial charge on any atom is -0.504 e. The lowest BCUT2D eigenvalue weighted by Crippen LogP contribution is -2.38. The molecule has 142 valence electrons. The van der Waals surface area contributed by atoms with E-state index < -0.39 is 5.97 Å². The number of methoxy groups -OCH3 is 1. The number of rotatable bonds is 5. The normalized spacial score (nSPS) is 14.8. The monoisotopic (exact) mass is 369 g/mol. The Balaban J connectivity index is 1.59. The van der Waals surface area contributed by atoms with Gasteiger partial charge in [0.2, 0.25) is 0 Å². The number of ether oxygens (including phenoxy) is 1. The molecular formula is C21H23NO5. The topological polar surface area (TPSA) is 87.1 Å². The van der Waals surface area contributed by atoms with Crippen LogP contribution in [0.2, 0.25) is 0 Å². The number of aromatic hydroxyl groups is 1. The average Bonchev–Trinajstić information content (AvgIpc) is 2.68. The van der Waals surface area contributed by atoms with Crippen molar-refractivity contribution >= 4 is 11.9 Å². The Bertz CT molecular complexity index is 840. The third-order valence-electron chi connectivity index (χ3n) is 5.03. The summed E-state index contributed by atoms with van der Waals surface area (Å²) in [4.78, 5) is 25.6. The van der Waals surface area contributed by atoms with Crippen molar-refractivity contribution in [2.24, 2.45) is 5.92 Å². The first kappa shape index (κ1) is 18.8. The Morgan fingerprint density at radius 2 is 1.85 bits per heavy atom. The molecular weight excluding hydrogens is 346 g/mol. The molecule has 0 aromatic heterocycles. The number of likely N-dealkylation sites (tertiary alicyclic amines) is 1. The number of hydrogen-bond acceptors (Lipinski definition) is 4. The summed E-state index contributed by atoms with van der Waals surface area (Å²) in [6.45, 7) is 1.32. The summed E-state index contributed by atoms with van der Waals surface area (Å²) in [7, 11) is 1.45. The van der Waals surface area contributed by atoms with Gasteiger partial charge in [0, 0.05) is 18.7 Å². The third kappa shape index (κ3) is 4.39. The van der Waals surface area contributed by atoms with E-state index >= 15 is 0 Å². The van der Waals surface area contributed by atoms with Gasteiger partial charge in [0.1, 0.15) is 0 Å². The van der Waals surface area contributed by atoms with Crippen LogP contribution >= 0.6 is 0 Å². The fourth-order valence-corrected chi connectivity index (χ4v) is 3.50. The van der Waals surface area contributed by atoms with Gasteiger partial charge in [0.05, 0.1) is 12.7 Å². The molecule has 2 N–H and O–H groups in total. The maximum Gasteiger partial charge on any atom is 0.335 e. The van der Waals surface area contributed by atoms with Crippen LogP contribution in [-0.4, -0.2) is 47.2 Å². The zero-order valence-electron chi connectivity index (χ0n) is 15.2. The van der Waals surface area contributed by atoms with E-state index in [9.17, 15) is 14.7 Å². The predicted molar refractivity (Wildman–Crippen MR) is 100 cm³/mol. The number of aromatic carboxylic acids is 1. The second-order valence-corrected chi connectivity index (χ2v) is 6.83. The average molecular weight is 369 g/mol. The van der Waals surface area contributed by atoms with Crippen molar-refractivity contribution in [3.8, 4) is 11.5 Å². The number of nitrogens with zero attached hydrogens (tertiary/aromatic N) is 1. The molecule has 2 aromatic carbocycles. The largest absolute Gasteiger partial charge is 0.504 e. The second-order valence-electron chi connectivity index (χ2n) is 6.83. The number of hydrogen-bond donors (Lipinski definition) is 2. The highest BCUT2D eigenvalue weighted by atomic mass is 16.5. The SMILES string of the molecule is COc1cc(C(=O)N2CCC(Cc3cccc(C(=O)O)c3)CC2)ccc1O. The van der Waals surface area contributed by atoms with E-state index in [0.29, 0.717) is 30.1 Å². The number of phenolic OH excluding ortho intramolecular Hbond substituents is 1. The standard InChI is InChI=1S/C21H23NO5/c1-27-19-13-16(5-6-18(19)23)20(24)22-9-7-14(8-10-22)11-15-3-2-4-17(12-15)21(25)26/h2-6,12-14,23H,7-11H2,1H3,(H,25,26). The first-order chi connectivity index (χ1) is 13.0. The number of carbonyl (C=O) groups excluding carboxylic acids is 1. The lowest BCUT2D eigenvalue weighted by Gasteiger charge is -2.32. The lowest BCUT2D eigenvalue weighted by atomic mass is 9.89. The fourth-order valence-electron chi connectivity index (χ4n) is 3.50. The van der Waals surface area contributed by atoms with Gasteiger partial charge in [-0.2, -0.15) is 0 Å². The summed E-state index contributed by atoms with van der Waals surface area (Å²) in [5, 5.41) is 18.8. The van der Waals surface area contributed by atoms with Crippen LogP contribution in [0.15, 0.2) is 42.5 Å². The van der Waals surface area contributed by atoms with Crippen LogP contribution in [-0.2, 0) is 6.42 Å². The maximum absolute atomic E-state index is 12.7. The van der Waals surface area contributed by atoms with Gasteiger partial charge in [-0.3, -0.25) is 4.79 Å². The highest BCUT2D eigenvalue weighted by Crippen LogP contribution is 2.28. The van der Waals surface area contributed by atoms with Crippen molar-refractivity contribution in [1.29, 1.82) is 0 Å². The van der Waals surface area contributed by atoms with Crippen LogP contribution in [0.4, 0.5) is 0 Å². The number of carboxylic acids is 1. The molecule has 0 saturated carbocycles. The van der Waals surface area contributed by atoms with Gasteiger partial charge < -0.3 is 19.8 Å². The van der Waals surface area contributed by atoms with E-state index in [0.717, 1.165) is 24.8 Å². The summed E-state index contributed by atoms with van der Waals surface area (Å²) in [5.41, 5.74) is 1.82. The van der Waals surface area contributed by atoms with Gasteiger partial charge in [-0.15, -0.1) is 0 Å². The van der Waals surface area contributed by atoms with E-state index in [1.54, 1.807) is 30.3 Å². The van der Waals surface area contributed by atoms with E-state index in [4.69, 9.17) is 9.84 Å². The van der Waals surface area contributed by atoms with Crippen molar-refractivity contribution in [3.05, 3.63) is 59.2 Å². The molecule has 1 aliphatic heterocycles. The van der Waals surface area contributed by atoms with Crippen molar-refractivity contribution in [1.82, 2.24) is 4.90 Å². The van der Waals surface area contributed by atoms with Gasteiger partial charge in [0.15, 0.2) is 11.5 Å². The van der Waals surface area contributed by atoms with Crippen molar-refractivity contribution in [2.45, 2.75) is 19.3 Å². The third-order valence-corrected chi connectivity index (χ3v) is 5.03. The Morgan fingerprint density at radius 3 is 2.52 bits per heavy atom. The maximum atomic E-state index is 12.7. The molecule has 3 rings (SSSR count). The number of amides is 1. The highest BCUT2D eigenvalue weighted by molar-refractivity contribution is 5.95. The molecule has 1 heterocycles. The number of phenols is 1. The molecule has 6 heteroatoms. The first-order valence-electron chi connectivity index (χ1n) is 8.96. The molecule has 0 bridgehead atoms. The molecule has 6 nitrogen and oxygen atoms in total. The van der Waals surface area contributed by atoms with Crippen LogP contribution in [0.5, 0.6) is 11.5 Å². The molecule has 0 aliphatic carbocycles. The number of carboxylic acid groups (broad SMARTS) is 1. The summed E-state index contributed by atoms with van der Waals surface area (Å²) >= 11 is 0. The van der Waals surface area contributed by atoms with Gasteiger partial charge in [-0.1, -0.05) is 12.1 Å². The smallest absolute Gasteiger partial charge is 0.335 e. The summed E-state index contributed by atoms with van der Waals surface area (Å²) in [6, 6.07) is 11.7. The van der Waals surface area contributed by atoms with Gasteiger partial charge in [-0.05, 0) is 61.1 Å². The zero-order chi connectivity index (χ0) is 19.4. The molecule has 1 fully saturated rings. The molecule has 0 radical (unpaired) electrons. The van der Waals surface area contributed by atoms with Crippen LogP contribution in [0, 0.1) is 5.92 Å². The molecule has 0 spiro atoms. The van der Waals surface area contributed by atoms with Crippen molar-refractivity contribution in [2.75, 3.05) is 20.2 Å². The van der Waals surface area contributed by atoms with Crippen LogP contribution < -0.4 is 4.74 Å². The van der Waals surface area contributed by atoms with Crippen LogP contribution in [0.25, 0.3) is 0 Å². The quantitative estimate of drug-likeness (QED) is 0.845. The molecule has 1 saturated heterocycles. The van der Waals surface area contributed by atoms with Gasteiger partial charge >= 0.3 is 5.97 Å². The molecule has 27 heavy (non-hydrogen) atoms. The zero-order valence-corrected chi connectivity index (χ0v) is 15.2. The Kier molecular flexibility index (Phi) is 5.64. The molecule has 2 aromatic rings. The van der Waals surface area contributed by atoms with Crippen LogP contribution in [0.1, 0.15) is 39.1 Å². The van der Waals surface area contributed by atoms with Gasteiger partial charge in [-0.25, -0.2) is 4.79 Å². The van der Waals surface area contributed by atoms with Gasteiger partial charge in [0.25, 0.3) is 5.91 Å². The minimum absolute atomic E-state index is 0.0105. The Labute approximate surface area is 158 Å². The van der Waals surface area contributed by atoms with E-state index in [1.807, 2.05) is 11.0 Å². The summed E-state index contributed by atoms with van der Waals surface area (Å²) < 4.78 is 5.07. The van der Waals surface area contributed by atoms with E-state index in [2.05, 4.69) is 0 Å². The first-order valence-corrected chi connectivity index (χ1v) is 8.96.